The molecule has 0 spiro atoms. The quantitative estimate of drug-likeness (QED) is 0.328. The fraction of sp³-hybridized carbons (Fsp3) is 0.263. The number of ether oxygens (including phenoxy) is 1. The third-order valence-electron chi connectivity index (χ3n) is 4.21. The zero-order valence-electron chi connectivity index (χ0n) is 14.7. The molecule has 2 aromatic rings. The van der Waals surface area contributed by atoms with Crippen molar-refractivity contribution in [1.29, 1.82) is 0 Å². The van der Waals surface area contributed by atoms with E-state index in [-0.39, 0.29) is 17.3 Å². The van der Waals surface area contributed by atoms with Crippen LogP contribution in [0.5, 0.6) is 0 Å². The zero-order chi connectivity index (χ0) is 19.4. The van der Waals surface area contributed by atoms with E-state index in [0.29, 0.717) is 11.4 Å². The van der Waals surface area contributed by atoms with Crippen molar-refractivity contribution in [1.82, 2.24) is 0 Å². The first-order chi connectivity index (χ1) is 13.0. The molecule has 1 aliphatic rings. The molecule has 0 N–H and O–H groups in total. The van der Waals surface area contributed by atoms with Crippen LogP contribution in [0.15, 0.2) is 53.4 Å². The Morgan fingerprint density at radius 3 is 2.63 bits per heavy atom. The number of carbonyl (C=O) groups excluding carboxylic acids is 2. The Morgan fingerprint density at radius 1 is 1.22 bits per heavy atom. The second-order valence-corrected chi connectivity index (χ2v) is 7.09. The Morgan fingerprint density at radius 2 is 1.93 bits per heavy atom. The van der Waals surface area contributed by atoms with E-state index in [9.17, 15) is 19.7 Å². The Balaban J connectivity index is 1.52. The van der Waals surface area contributed by atoms with Crippen LogP contribution in [0.3, 0.4) is 0 Å². The lowest BCUT2D eigenvalue weighted by Gasteiger charge is -2.21. The Bertz CT molecular complexity index is 869. The molecule has 0 unspecified atom stereocenters. The van der Waals surface area contributed by atoms with Gasteiger partial charge in [0.15, 0.2) is 6.10 Å². The third kappa shape index (κ3) is 4.46. The number of nitrogens with zero attached hydrogens (tertiary/aromatic N) is 2. The topological polar surface area (TPSA) is 89.7 Å². The van der Waals surface area contributed by atoms with Crippen LogP contribution in [0.25, 0.3) is 0 Å². The van der Waals surface area contributed by atoms with Gasteiger partial charge in [-0.15, -0.1) is 11.8 Å². The third-order valence-corrected chi connectivity index (χ3v) is 5.20. The van der Waals surface area contributed by atoms with Crippen molar-refractivity contribution in [3.05, 3.63) is 64.2 Å². The summed E-state index contributed by atoms with van der Waals surface area (Å²) in [5.74, 6) is -0.730. The molecule has 0 radical (unpaired) electrons. The van der Waals surface area contributed by atoms with E-state index >= 15 is 0 Å². The van der Waals surface area contributed by atoms with Crippen LogP contribution in [0.1, 0.15) is 12.5 Å². The van der Waals surface area contributed by atoms with E-state index in [0.717, 1.165) is 17.7 Å². The lowest BCUT2D eigenvalue weighted by atomic mass is 10.2. The Kier molecular flexibility index (Phi) is 5.75. The van der Waals surface area contributed by atoms with E-state index in [4.69, 9.17) is 4.74 Å². The average molecular weight is 386 g/mol. The van der Waals surface area contributed by atoms with Gasteiger partial charge in [0.2, 0.25) is 0 Å². The van der Waals surface area contributed by atoms with E-state index < -0.39 is 17.0 Å². The minimum absolute atomic E-state index is 0.00737. The van der Waals surface area contributed by atoms with Gasteiger partial charge in [-0.1, -0.05) is 18.2 Å². The van der Waals surface area contributed by atoms with E-state index in [1.54, 1.807) is 24.0 Å². The minimum Gasteiger partial charge on any atom is -0.452 e. The maximum atomic E-state index is 12.6. The molecule has 0 saturated carbocycles. The molecule has 3 rings (SSSR count). The minimum atomic E-state index is -0.874. The maximum Gasteiger partial charge on any atom is 0.317 e. The van der Waals surface area contributed by atoms with Crippen molar-refractivity contribution < 1.29 is 19.2 Å². The number of amides is 1. The van der Waals surface area contributed by atoms with E-state index in [1.807, 2.05) is 24.3 Å². The summed E-state index contributed by atoms with van der Waals surface area (Å²) in [5.41, 5.74) is 1.97. The summed E-state index contributed by atoms with van der Waals surface area (Å²) in [4.78, 5) is 37.2. The number of esters is 1. The van der Waals surface area contributed by atoms with Gasteiger partial charge < -0.3 is 9.64 Å². The van der Waals surface area contributed by atoms with Crippen LogP contribution < -0.4 is 4.90 Å². The smallest absolute Gasteiger partial charge is 0.317 e. The fourth-order valence-corrected chi connectivity index (χ4v) is 3.56. The fourth-order valence-electron chi connectivity index (χ4n) is 2.87. The molecule has 1 heterocycles. The zero-order valence-corrected chi connectivity index (χ0v) is 15.5. The number of anilines is 1. The molecule has 27 heavy (non-hydrogen) atoms. The Labute approximate surface area is 160 Å². The number of carbonyl (C=O) groups is 2. The molecule has 0 fully saturated rings. The number of hydrogen-bond donors (Lipinski definition) is 0. The molecule has 8 heteroatoms. The molecule has 0 bridgehead atoms. The number of hydrogen-bond acceptors (Lipinski definition) is 6. The number of fused-ring (bicyclic) bond motifs is 1. The van der Waals surface area contributed by atoms with Gasteiger partial charge in [0.1, 0.15) is 0 Å². The molecule has 2 aromatic carbocycles. The van der Waals surface area contributed by atoms with Crippen LogP contribution in [0.4, 0.5) is 11.4 Å². The van der Waals surface area contributed by atoms with Crippen LogP contribution in [0, 0.1) is 10.1 Å². The van der Waals surface area contributed by atoms with Gasteiger partial charge >= 0.3 is 5.97 Å². The average Bonchev–Trinajstić information content (AvgIpc) is 3.10. The predicted molar refractivity (Wildman–Crippen MR) is 102 cm³/mol. The maximum absolute atomic E-state index is 12.6. The molecule has 1 amide bonds. The lowest BCUT2D eigenvalue weighted by Crippen LogP contribution is -2.39. The second-order valence-electron chi connectivity index (χ2n) is 6.04. The van der Waals surface area contributed by atoms with Gasteiger partial charge in [-0.2, -0.15) is 0 Å². The summed E-state index contributed by atoms with van der Waals surface area (Å²) in [6.07, 6.45) is -0.0837. The number of para-hydroxylation sites is 1. The van der Waals surface area contributed by atoms with Gasteiger partial charge in [0, 0.05) is 29.3 Å². The predicted octanol–water partition coefficient (Wildman–Crippen LogP) is 3.21. The van der Waals surface area contributed by atoms with E-state index in [2.05, 4.69) is 0 Å². The summed E-state index contributed by atoms with van der Waals surface area (Å²) in [6.45, 7) is 2.15. The lowest BCUT2D eigenvalue weighted by molar-refractivity contribution is -0.384. The number of rotatable bonds is 6. The molecule has 1 atom stereocenters. The number of nitro benzene ring substituents is 1. The first-order valence-corrected chi connectivity index (χ1v) is 9.40. The summed E-state index contributed by atoms with van der Waals surface area (Å²) in [6, 6.07) is 13.6. The molecular formula is C19H18N2O5S. The summed E-state index contributed by atoms with van der Waals surface area (Å²) < 4.78 is 5.26. The highest BCUT2D eigenvalue weighted by molar-refractivity contribution is 8.00. The van der Waals surface area contributed by atoms with Gasteiger partial charge in [0.05, 0.1) is 10.7 Å². The highest BCUT2D eigenvalue weighted by Crippen LogP contribution is 2.28. The number of nitro groups is 1. The number of non-ortho nitro benzene ring substituents is 1. The number of thioether (sulfide) groups is 1. The highest BCUT2D eigenvalue weighted by atomic mass is 32.2. The normalized spacial score (nSPS) is 13.7. The van der Waals surface area contributed by atoms with Crippen LogP contribution in [0.2, 0.25) is 0 Å². The molecule has 0 aromatic heterocycles. The second kappa shape index (κ2) is 8.22. The van der Waals surface area contributed by atoms with Crippen LogP contribution >= 0.6 is 11.8 Å². The van der Waals surface area contributed by atoms with Gasteiger partial charge in [-0.05, 0) is 37.1 Å². The summed E-state index contributed by atoms with van der Waals surface area (Å²) >= 11 is 1.20. The van der Waals surface area contributed by atoms with Crippen molar-refractivity contribution in [3.63, 3.8) is 0 Å². The van der Waals surface area contributed by atoms with Crippen LogP contribution in [-0.4, -0.2) is 35.2 Å². The molecular weight excluding hydrogens is 368 g/mol. The highest BCUT2D eigenvalue weighted by Gasteiger charge is 2.29. The molecule has 140 valence electrons. The SMILES string of the molecule is C[C@@H](OC(=O)CSc1ccc([N+](=O)[O-])cc1)C(=O)N1CCc2ccccc21. The van der Waals surface area contributed by atoms with Crippen molar-refractivity contribution in [2.75, 3.05) is 17.2 Å². The Hall–Kier alpha value is -2.87. The van der Waals surface area contributed by atoms with Crippen molar-refractivity contribution in [3.8, 4) is 0 Å². The first-order valence-electron chi connectivity index (χ1n) is 8.41. The largest absolute Gasteiger partial charge is 0.452 e. The molecule has 0 saturated heterocycles. The van der Waals surface area contributed by atoms with Crippen molar-refractivity contribution >= 4 is 35.0 Å². The monoisotopic (exact) mass is 386 g/mol. The first kappa shape index (κ1) is 18.9. The molecule has 1 aliphatic heterocycles. The van der Waals surface area contributed by atoms with Crippen molar-refractivity contribution in [2.24, 2.45) is 0 Å². The van der Waals surface area contributed by atoms with Gasteiger partial charge in [-0.3, -0.25) is 19.7 Å². The van der Waals surface area contributed by atoms with Crippen molar-refractivity contribution in [2.45, 2.75) is 24.3 Å². The van der Waals surface area contributed by atoms with Gasteiger partial charge in [0.25, 0.3) is 11.6 Å². The summed E-state index contributed by atoms with van der Waals surface area (Å²) in [5, 5.41) is 10.6. The molecule has 0 aliphatic carbocycles. The van der Waals surface area contributed by atoms with E-state index in [1.165, 1.54) is 23.9 Å². The molecule has 7 nitrogen and oxygen atoms in total. The number of benzene rings is 2. The van der Waals surface area contributed by atoms with Gasteiger partial charge in [-0.25, -0.2) is 0 Å². The standard InChI is InChI=1S/C19H18N2O5S/c1-13(19(23)20-11-10-14-4-2-3-5-17(14)20)26-18(22)12-27-16-8-6-15(7-9-16)21(24)25/h2-9,13H,10-12H2,1H3/t13-/m1/s1. The van der Waals surface area contributed by atoms with Crippen LogP contribution in [-0.2, 0) is 20.7 Å². The summed E-state index contributed by atoms with van der Waals surface area (Å²) in [7, 11) is 0.